The van der Waals surface area contributed by atoms with Crippen LogP contribution in [0, 0.1) is 11.8 Å². The highest BCUT2D eigenvalue weighted by Gasteiger charge is 2.18. The van der Waals surface area contributed by atoms with E-state index in [1.54, 1.807) is 0 Å². The minimum Gasteiger partial charge on any atom is -0.481 e. The summed E-state index contributed by atoms with van der Waals surface area (Å²) in [7, 11) is 0. The molecular weight excluding hydrogens is 272 g/mol. The summed E-state index contributed by atoms with van der Waals surface area (Å²) >= 11 is 0. The molecule has 7 heteroatoms. The Hall–Kier alpha value is -1.92. The number of rotatable bonds is 9. The number of hydrogen-bond donors (Lipinski definition) is 3. The maximum Gasteiger partial charge on any atom is 0.303 e. The lowest BCUT2D eigenvalue weighted by Gasteiger charge is -2.17. The number of H-pyrrole nitrogens is 1. The first-order valence-corrected chi connectivity index (χ1v) is 7.33. The van der Waals surface area contributed by atoms with Crippen molar-refractivity contribution < 1.29 is 14.7 Å². The van der Waals surface area contributed by atoms with Gasteiger partial charge >= 0.3 is 5.97 Å². The van der Waals surface area contributed by atoms with Gasteiger partial charge in [0.05, 0.1) is 0 Å². The van der Waals surface area contributed by atoms with E-state index < -0.39 is 5.97 Å². The molecule has 1 heterocycles. The van der Waals surface area contributed by atoms with Crippen LogP contribution in [0.2, 0.25) is 0 Å². The second-order valence-corrected chi connectivity index (χ2v) is 5.66. The lowest BCUT2D eigenvalue weighted by Crippen LogP contribution is -2.31. The van der Waals surface area contributed by atoms with E-state index in [0.717, 1.165) is 19.3 Å². The van der Waals surface area contributed by atoms with Gasteiger partial charge in [-0.15, -0.1) is 5.10 Å². The summed E-state index contributed by atoms with van der Waals surface area (Å²) in [5.74, 6) is -0.124. The molecule has 3 N–H and O–H groups in total. The third-order valence-corrected chi connectivity index (χ3v) is 3.04. The van der Waals surface area contributed by atoms with E-state index in [2.05, 4.69) is 20.5 Å². The molecule has 7 nitrogen and oxygen atoms in total. The van der Waals surface area contributed by atoms with Crippen molar-refractivity contribution >= 4 is 11.9 Å². The summed E-state index contributed by atoms with van der Waals surface area (Å²) < 4.78 is 0. The third kappa shape index (κ3) is 6.37. The number of carboxylic acid groups (broad SMARTS) is 1. The number of carboxylic acids is 1. The maximum atomic E-state index is 11.9. The summed E-state index contributed by atoms with van der Waals surface area (Å²) in [5.41, 5.74) is 0. The predicted octanol–water partition coefficient (Wildman–Crippen LogP) is 1.62. The zero-order valence-corrected chi connectivity index (χ0v) is 12.8. The smallest absolute Gasteiger partial charge is 0.303 e. The minimum absolute atomic E-state index is 0.0491. The number of nitrogens with zero attached hydrogens (tertiary/aromatic N) is 2. The molecule has 0 spiro atoms. The SMILES string of the molecule is CCCc1nc(C(=O)NC[C@H](CC(=O)O)CC(C)C)n[nH]1. The zero-order valence-electron chi connectivity index (χ0n) is 12.8. The van der Waals surface area contributed by atoms with Gasteiger partial charge in [-0.25, -0.2) is 4.98 Å². The van der Waals surface area contributed by atoms with E-state index in [0.29, 0.717) is 18.3 Å². The predicted molar refractivity (Wildman–Crippen MR) is 77.9 cm³/mol. The Balaban J connectivity index is 2.52. The molecule has 118 valence electrons. The first kappa shape index (κ1) is 17.1. The number of carbonyl (C=O) groups excluding carboxylic acids is 1. The van der Waals surface area contributed by atoms with Crippen LogP contribution in [0.25, 0.3) is 0 Å². The Bertz CT molecular complexity index is 471. The van der Waals surface area contributed by atoms with Crippen LogP contribution < -0.4 is 5.32 Å². The highest BCUT2D eigenvalue weighted by atomic mass is 16.4. The fourth-order valence-electron chi connectivity index (χ4n) is 2.21. The number of aryl methyl sites for hydroxylation is 1. The van der Waals surface area contributed by atoms with Crippen molar-refractivity contribution in [1.29, 1.82) is 0 Å². The molecule has 1 rings (SSSR count). The molecule has 0 saturated carbocycles. The minimum atomic E-state index is -0.849. The average Bonchev–Trinajstić information content (AvgIpc) is 2.83. The van der Waals surface area contributed by atoms with Gasteiger partial charge in [-0.3, -0.25) is 14.7 Å². The summed E-state index contributed by atoms with van der Waals surface area (Å²) in [5, 5.41) is 18.2. The number of aromatic nitrogens is 3. The van der Waals surface area contributed by atoms with Crippen molar-refractivity contribution in [2.24, 2.45) is 11.8 Å². The van der Waals surface area contributed by atoms with Crippen LogP contribution >= 0.6 is 0 Å². The Morgan fingerprint density at radius 2 is 2.10 bits per heavy atom. The first-order valence-electron chi connectivity index (χ1n) is 7.33. The Kier molecular flexibility index (Phi) is 6.84. The van der Waals surface area contributed by atoms with Crippen molar-refractivity contribution in [3.8, 4) is 0 Å². The van der Waals surface area contributed by atoms with E-state index >= 15 is 0 Å². The molecule has 1 atom stereocenters. The molecular formula is C14H24N4O3. The maximum absolute atomic E-state index is 11.9. The number of nitrogens with one attached hydrogen (secondary N) is 2. The number of aromatic amines is 1. The molecule has 0 fully saturated rings. The fraction of sp³-hybridized carbons (Fsp3) is 0.714. The Labute approximate surface area is 124 Å². The van der Waals surface area contributed by atoms with Gasteiger partial charge in [-0.05, 0) is 24.7 Å². The van der Waals surface area contributed by atoms with Crippen molar-refractivity contribution in [3.63, 3.8) is 0 Å². The third-order valence-electron chi connectivity index (χ3n) is 3.04. The number of aliphatic carboxylic acids is 1. The van der Waals surface area contributed by atoms with E-state index in [1.165, 1.54) is 0 Å². The molecule has 1 aromatic heterocycles. The standard InChI is InChI=1S/C14H24N4O3/c1-4-5-11-16-13(18-17-11)14(21)15-8-10(6-9(2)3)7-12(19)20/h9-10H,4-8H2,1-3H3,(H,15,21)(H,19,20)(H,16,17,18)/t10-/m0/s1. The number of amides is 1. The van der Waals surface area contributed by atoms with Crippen LogP contribution in [0.5, 0.6) is 0 Å². The molecule has 0 radical (unpaired) electrons. The molecule has 0 aromatic carbocycles. The summed E-state index contributed by atoms with van der Waals surface area (Å²) in [6.07, 6.45) is 2.47. The van der Waals surface area contributed by atoms with E-state index in [9.17, 15) is 9.59 Å². The van der Waals surface area contributed by atoms with E-state index in [4.69, 9.17) is 5.11 Å². The van der Waals surface area contributed by atoms with Crippen molar-refractivity contribution in [1.82, 2.24) is 20.5 Å². The number of carbonyl (C=O) groups is 2. The molecule has 1 aromatic rings. The normalized spacial score (nSPS) is 12.4. The fourth-order valence-corrected chi connectivity index (χ4v) is 2.21. The average molecular weight is 296 g/mol. The van der Waals surface area contributed by atoms with E-state index in [-0.39, 0.29) is 24.1 Å². The molecule has 0 aliphatic carbocycles. The highest BCUT2D eigenvalue weighted by Crippen LogP contribution is 2.14. The van der Waals surface area contributed by atoms with Gasteiger partial charge < -0.3 is 10.4 Å². The van der Waals surface area contributed by atoms with Gasteiger partial charge in [-0.1, -0.05) is 20.8 Å². The van der Waals surface area contributed by atoms with Gasteiger partial charge in [0, 0.05) is 19.4 Å². The molecule has 0 aliphatic rings. The zero-order chi connectivity index (χ0) is 15.8. The quantitative estimate of drug-likeness (QED) is 0.642. The summed E-state index contributed by atoms with van der Waals surface area (Å²) in [6.45, 7) is 6.40. The molecule has 1 amide bonds. The van der Waals surface area contributed by atoms with Crippen LogP contribution in [0.15, 0.2) is 0 Å². The van der Waals surface area contributed by atoms with Crippen LogP contribution in [0.4, 0.5) is 0 Å². The first-order chi connectivity index (χ1) is 9.92. The van der Waals surface area contributed by atoms with Crippen molar-refractivity contribution in [2.45, 2.75) is 46.5 Å². The lowest BCUT2D eigenvalue weighted by atomic mass is 9.94. The van der Waals surface area contributed by atoms with Gasteiger partial charge in [0.25, 0.3) is 5.91 Å². The van der Waals surface area contributed by atoms with Crippen LogP contribution in [-0.4, -0.2) is 38.7 Å². The molecule has 0 bridgehead atoms. The van der Waals surface area contributed by atoms with E-state index in [1.807, 2.05) is 20.8 Å². The van der Waals surface area contributed by atoms with Gasteiger partial charge in [0.1, 0.15) is 5.82 Å². The van der Waals surface area contributed by atoms with Gasteiger partial charge in [0.2, 0.25) is 5.82 Å². The largest absolute Gasteiger partial charge is 0.481 e. The number of hydrogen-bond acceptors (Lipinski definition) is 4. The molecule has 0 saturated heterocycles. The molecule has 0 aliphatic heterocycles. The van der Waals surface area contributed by atoms with Crippen molar-refractivity contribution in [3.05, 3.63) is 11.6 Å². The monoisotopic (exact) mass is 296 g/mol. The van der Waals surface area contributed by atoms with Crippen LogP contribution in [0.3, 0.4) is 0 Å². The second-order valence-electron chi connectivity index (χ2n) is 5.66. The Morgan fingerprint density at radius 3 is 2.67 bits per heavy atom. The summed E-state index contributed by atoms with van der Waals surface area (Å²) in [6, 6.07) is 0. The van der Waals surface area contributed by atoms with Crippen LogP contribution in [0.1, 0.15) is 56.5 Å². The van der Waals surface area contributed by atoms with Crippen molar-refractivity contribution in [2.75, 3.05) is 6.54 Å². The second kappa shape index (κ2) is 8.39. The van der Waals surface area contributed by atoms with Gasteiger partial charge in [0.15, 0.2) is 0 Å². The van der Waals surface area contributed by atoms with Crippen LogP contribution in [-0.2, 0) is 11.2 Å². The van der Waals surface area contributed by atoms with Gasteiger partial charge in [-0.2, -0.15) is 0 Å². The molecule has 21 heavy (non-hydrogen) atoms. The molecule has 0 unspecified atom stereocenters. The Morgan fingerprint density at radius 1 is 1.38 bits per heavy atom. The summed E-state index contributed by atoms with van der Waals surface area (Å²) in [4.78, 5) is 26.9. The topological polar surface area (TPSA) is 108 Å². The lowest BCUT2D eigenvalue weighted by molar-refractivity contribution is -0.138. The highest BCUT2D eigenvalue weighted by molar-refractivity contribution is 5.90.